The van der Waals surface area contributed by atoms with Crippen LogP contribution >= 0.6 is 0 Å². The number of nitrogens with zero attached hydrogens (tertiary/aromatic N) is 1. The molecule has 0 bridgehead atoms. The monoisotopic (exact) mass is 359 g/mol. The molecule has 4 nitrogen and oxygen atoms in total. The van der Waals surface area contributed by atoms with Gasteiger partial charge in [0.2, 0.25) is 0 Å². The van der Waals surface area contributed by atoms with Crippen LogP contribution in [0.1, 0.15) is 25.3 Å². The highest BCUT2D eigenvalue weighted by molar-refractivity contribution is 7.87. The molecule has 1 atom stereocenters. The minimum absolute atomic E-state index is 0.00815. The minimum Gasteiger partial charge on any atom is -0.382 e. The maximum Gasteiger partial charge on any atom is 0.310 e. The normalized spacial score (nSPS) is 15.9. The van der Waals surface area contributed by atoms with E-state index >= 15 is 0 Å². The van der Waals surface area contributed by atoms with Crippen molar-refractivity contribution in [1.82, 2.24) is 4.90 Å². The van der Waals surface area contributed by atoms with Gasteiger partial charge in [-0.2, -0.15) is 8.42 Å². The van der Waals surface area contributed by atoms with Gasteiger partial charge in [0.05, 0.1) is 5.75 Å². The van der Waals surface area contributed by atoms with Crippen molar-refractivity contribution >= 4 is 10.1 Å². The zero-order valence-corrected chi connectivity index (χ0v) is 15.4. The Kier molecular flexibility index (Phi) is 5.76. The van der Waals surface area contributed by atoms with Gasteiger partial charge in [-0.1, -0.05) is 48.5 Å². The molecule has 25 heavy (non-hydrogen) atoms. The van der Waals surface area contributed by atoms with Crippen LogP contribution in [0.3, 0.4) is 0 Å². The molecule has 1 aliphatic carbocycles. The lowest BCUT2D eigenvalue weighted by molar-refractivity contribution is 0.191. The molecule has 0 amide bonds. The molecule has 0 N–H and O–H groups in total. The topological polar surface area (TPSA) is 46.6 Å². The van der Waals surface area contributed by atoms with Gasteiger partial charge in [-0.3, -0.25) is 4.90 Å². The van der Waals surface area contributed by atoms with Crippen molar-refractivity contribution in [3.8, 4) is 5.75 Å². The van der Waals surface area contributed by atoms with Gasteiger partial charge in [0.15, 0.2) is 0 Å². The van der Waals surface area contributed by atoms with E-state index in [2.05, 4.69) is 24.0 Å². The molecule has 0 aliphatic heterocycles. The Labute approximate surface area is 150 Å². The fraction of sp³-hybridized carbons (Fsp3) is 0.400. The van der Waals surface area contributed by atoms with Crippen molar-refractivity contribution in [3.63, 3.8) is 0 Å². The van der Waals surface area contributed by atoms with Crippen LogP contribution in [0.5, 0.6) is 5.75 Å². The third-order valence-corrected chi connectivity index (χ3v) is 5.83. The van der Waals surface area contributed by atoms with E-state index in [4.69, 9.17) is 4.18 Å². The van der Waals surface area contributed by atoms with Crippen LogP contribution in [-0.2, 0) is 16.7 Å². The predicted octanol–water partition coefficient (Wildman–Crippen LogP) is 3.70. The third kappa shape index (κ3) is 5.58. The van der Waals surface area contributed by atoms with E-state index < -0.39 is 10.1 Å². The summed E-state index contributed by atoms with van der Waals surface area (Å²) in [5, 5.41) is 0. The van der Waals surface area contributed by atoms with E-state index in [0.29, 0.717) is 24.3 Å². The first kappa shape index (κ1) is 18.0. The number of benzene rings is 2. The Balaban J connectivity index is 1.63. The standard InChI is InChI=1S/C20H25NO3S/c1-17(19-12-13-19)21(16-18-8-4-2-5-9-18)14-15-25(22,23)24-20-10-6-3-7-11-20/h2-11,17,19H,12-16H2,1H3/t17-/m0/s1. The lowest BCUT2D eigenvalue weighted by atomic mass is 10.1. The van der Waals surface area contributed by atoms with E-state index in [0.717, 1.165) is 6.54 Å². The Bertz CT molecular complexity index is 758. The highest BCUT2D eigenvalue weighted by Crippen LogP contribution is 2.35. The summed E-state index contributed by atoms with van der Waals surface area (Å²) in [6.45, 7) is 3.44. The molecule has 3 rings (SSSR count). The Morgan fingerprint density at radius 3 is 2.24 bits per heavy atom. The summed E-state index contributed by atoms with van der Waals surface area (Å²) < 4.78 is 29.8. The number of hydrogen-bond acceptors (Lipinski definition) is 4. The number of hydrogen-bond donors (Lipinski definition) is 0. The Morgan fingerprint density at radius 1 is 1.04 bits per heavy atom. The van der Waals surface area contributed by atoms with Crippen LogP contribution in [0, 0.1) is 5.92 Å². The second-order valence-corrected chi connectivity index (χ2v) is 8.38. The summed E-state index contributed by atoms with van der Waals surface area (Å²) >= 11 is 0. The zero-order valence-electron chi connectivity index (χ0n) is 14.5. The highest BCUT2D eigenvalue weighted by Gasteiger charge is 2.32. The van der Waals surface area contributed by atoms with Gasteiger partial charge in [0.25, 0.3) is 0 Å². The van der Waals surface area contributed by atoms with E-state index in [9.17, 15) is 8.42 Å². The molecule has 0 heterocycles. The molecule has 0 radical (unpaired) electrons. The first-order valence-corrected chi connectivity index (χ1v) is 10.4. The molecular weight excluding hydrogens is 334 g/mol. The molecule has 2 aromatic rings. The van der Waals surface area contributed by atoms with Crippen LogP contribution in [-0.4, -0.2) is 31.7 Å². The summed E-state index contributed by atoms with van der Waals surface area (Å²) in [7, 11) is -3.60. The van der Waals surface area contributed by atoms with Crippen molar-refractivity contribution in [2.45, 2.75) is 32.4 Å². The number of rotatable bonds is 9. The van der Waals surface area contributed by atoms with Crippen LogP contribution in [0.2, 0.25) is 0 Å². The van der Waals surface area contributed by atoms with Gasteiger partial charge in [-0.25, -0.2) is 0 Å². The quantitative estimate of drug-likeness (QED) is 0.641. The molecule has 0 unspecified atom stereocenters. The first-order chi connectivity index (χ1) is 12.0. The second kappa shape index (κ2) is 8.02. The summed E-state index contributed by atoms with van der Waals surface area (Å²) in [5.41, 5.74) is 1.20. The molecular formula is C20H25NO3S. The number of para-hydroxylation sites is 1. The minimum atomic E-state index is -3.60. The van der Waals surface area contributed by atoms with Crippen LogP contribution < -0.4 is 4.18 Å². The molecule has 134 valence electrons. The maximum absolute atomic E-state index is 12.3. The average Bonchev–Trinajstić information content (AvgIpc) is 3.44. The average molecular weight is 359 g/mol. The van der Waals surface area contributed by atoms with Crippen LogP contribution in [0.25, 0.3) is 0 Å². The van der Waals surface area contributed by atoms with E-state index in [1.807, 2.05) is 24.3 Å². The molecule has 2 aromatic carbocycles. The van der Waals surface area contributed by atoms with E-state index in [1.165, 1.54) is 18.4 Å². The Morgan fingerprint density at radius 2 is 1.64 bits per heavy atom. The molecule has 0 aromatic heterocycles. The van der Waals surface area contributed by atoms with Gasteiger partial charge >= 0.3 is 10.1 Å². The van der Waals surface area contributed by atoms with E-state index in [-0.39, 0.29) is 5.75 Å². The molecule has 1 aliphatic rings. The Hall–Kier alpha value is -1.85. The predicted molar refractivity (Wildman–Crippen MR) is 99.9 cm³/mol. The summed E-state index contributed by atoms with van der Waals surface area (Å²) in [5.74, 6) is 1.04. The van der Waals surface area contributed by atoms with Gasteiger partial charge in [0, 0.05) is 19.1 Å². The van der Waals surface area contributed by atoms with Crippen LogP contribution in [0.4, 0.5) is 0 Å². The van der Waals surface area contributed by atoms with Gasteiger partial charge < -0.3 is 4.18 Å². The van der Waals surface area contributed by atoms with Crippen molar-refractivity contribution in [2.75, 3.05) is 12.3 Å². The SMILES string of the molecule is C[C@@H](C1CC1)N(CCS(=O)(=O)Oc1ccccc1)Cc1ccccc1. The first-order valence-electron chi connectivity index (χ1n) is 8.79. The fourth-order valence-corrected chi connectivity index (χ4v) is 3.96. The van der Waals surface area contributed by atoms with Gasteiger partial charge in [0.1, 0.15) is 5.75 Å². The van der Waals surface area contributed by atoms with Crippen molar-refractivity contribution in [3.05, 3.63) is 66.2 Å². The molecule has 0 spiro atoms. The lowest BCUT2D eigenvalue weighted by Gasteiger charge is -2.29. The smallest absolute Gasteiger partial charge is 0.310 e. The van der Waals surface area contributed by atoms with Gasteiger partial charge in [-0.05, 0) is 43.4 Å². The fourth-order valence-electron chi connectivity index (χ4n) is 3.01. The summed E-state index contributed by atoms with van der Waals surface area (Å²) in [4.78, 5) is 2.26. The highest BCUT2D eigenvalue weighted by atomic mass is 32.2. The molecule has 5 heteroatoms. The lowest BCUT2D eigenvalue weighted by Crippen LogP contribution is -2.38. The summed E-state index contributed by atoms with van der Waals surface area (Å²) in [6.07, 6.45) is 2.47. The third-order valence-electron chi connectivity index (χ3n) is 4.70. The van der Waals surface area contributed by atoms with Crippen molar-refractivity contribution in [1.29, 1.82) is 0 Å². The molecule has 1 saturated carbocycles. The van der Waals surface area contributed by atoms with Crippen molar-refractivity contribution < 1.29 is 12.6 Å². The zero-order chi connectivity index (χ0) is 17.7. The maximum atomic E-state index is 12.3. The van der Waals surface area contributed by atoms with Gasteiger partial charge in [-0.15, -0.1) is 0 Å². The molecule has 1 fully saturated rings. The largest absolute Gasteiger partial charge is 0.382 e. The van der Waals surface area contributed by atoms with E-state index in [1.54, 1.807) is 24.3 Å². The van der Waals surface area contributed by atoms with Crippen molar-refractivity contribution in [2.24, 2.45) is 5.92 Å². The van der Waals surface area contributed by atoms with Crippen LogP contribution in [0.15, 0.2) is 60.7 Å². The second-order valence-electron chi connectivity index (χ2n) is 6.69. The summed E-state index contributed by atoms with van der Waals surface area (Å²) in [6, 6.07) is 19.3. The molecule has 0 saturated heterocycles.